The zero-order valence-corrected chi connectivity index (χ0v) is 20.1. The van der Waals surface area contributed by atoms with E-state index >= 15 is 0 Å². The van der Waals surface area contributed by atoms with Gasteiger partial charge in [-0.3, -0.25) is 14.4 Å². The van der Waals surface area contributed by atoms with Crippen molar-refractivity contribution in [3.63, 3.8) is 0 Å². The first-order chi connectivity index (χ1) is 17.3. The van der Waals surface area contributed by atoms with E-state index in [1.807, 2.05) is 30.3 Å². The Hall–Kier alpha value is -4.15. The van der Waals surface area contributed by atoms with Gasteiger partial charge in [0.05, 0.1) is 13.0 Å². The molecule has 1 aromatic heterocycles. The minimum absolute atomic E-state index is 0.100. The summed E-state index contributed by atoms with van der Waals surface area (Å²) < 4.78 is 26.1. The monoisotopic (exact) mass is 499 g/mol. The maximum absolute atomic E-state index is 13.0. The van der Waals surface area contributed by atoms with Crippen LogP contribution in [0.25, 0.3) is 0 Å². The molecule has 1 aliphatic rings. The molecule has 3 atom stereocenters. The average Bonchev–Trinajstić information content (AvgIpc) is 2.89. The van der Waals surface area contributed by atoms with E-state index in [9.17, 15) is 19.2 Å². The first kappa shape index (κ1) is 26.5. The molecule has 1 aromatic carbocycles. The van der Waals surface area contributed by atoms with Gasteiger partial charge in [0.25, 0.3) is 5.91 Å². The number of cyclic esters (lactones) is 2. The van der Waals surface area contributed by atoms with Crippen LogP contribution in [-0.4, -0.2) is 61.5 Å². The number of methoxy groups -OCH3 is 1. The van der Waals surface area contributed by atoms with Crippen molar-refractivity contribution < 1.29 is 42.9 Å². The molecule has 11 heteroatoms. The second-order valence-electron chi connectivity index (χ2n) is 7.88. The lowest BCUT2D eigenvalue weighted by atomic mass is 9.94. The standard InChI is InChI=1S/C25H27N2O9/c1-15-11-18(12-17-7-5-4-6-8-17)24(30)33-13-19(25(31)36-15)27-23(29)21-22(35-14-34-16(2)28)20(32-3)9-10-26-21/h4-11,15,18-19H,12-14H2,1-3H3,(H,27,29)/t15?,18?,19-/m0/s1. The zero-order chi connectivity index (χ0) is 26.1. The van der Waals surface area contributed by atoms with E-state index in [4.69, 9.17) is 23.7 Å². The molecule has 0 bridgehead atoms. The Bertz CT molecular complexity index is 1090. The second-order valence-corrected chi connectivity index (χ2v) is 7.88. The quantitative estimate of drug-likeness (QED) is 0.324. The molecule has 3 rings (SSSR count). The minimum Gasteiger partial charge on any atom is -0.493 e. The number of pyridine rings is 1. The SMILES string of the molecule is COc1ccnc(C(=O)N[C@H]2COC(=O)C(Cc3ccccc3)[CH]C(C)OC2=O)c1OCOC(C)=O. The highest BCUT2D eigenvalue weighted by Crippen LogP contribution is 2.29. The summed E-state index contributed by atoms with van der Waals surface area (Å²) in [5.41, 5.74) is 0.686. The van der Waals surface area contributed by atoms with E-state index in [0.717, 1.165) is 5.56 Å². The van der Waals surface area contributed by atoms with Crippen LogP contribution in [-0.2, 0) is 35.0 Å². The van der Waals surface area contributed by atoms with Gasteiger partial charge in [-0.1, -0.05) is 30.3 Å². The maximum Gasteiger partial charge on any atom is 0.332 e. The molecule has 1 N–H and O–H groups in total. The van der Waals surface area contributed by atoms with Gasteiger partial charge in [0, 0.05) is 25.6 Å². The number of amides is 1. The van der Waals surface area contributed by atoms with E-state index in [1.165, 1.54) is 26.3 Å². The molecule has 1 aliphatic heterocycles. The number of hydrogen-bond acceptors (Lipinski definition) is 10. The smallest absolute Gasteiger partial charge is 0.332 e. The number of esters is 3. The molecule has 191 valence electrons. The Kier molecular flexibility index (Phi) is 9.20. The number of nitrogens with zero attached hydrogens (tertiary/aromatic N) is 1. The number of aromatic nitrogens is 1. The molecule has 36 heavy (non-hydrogen) atoms. The molecule has 1 fully saturated rings. The van der Waals surface area contributed by atoms with Crippen molar-refractivity contribution in [2.75, 3.05) is 20.5 Å². The van der Waals surface area contributed by atoms with Crippen molar-refractivity contribution in [1.29, 1.82) is 0 Å². The summed E-state index contributed by atoms with van der Waals surface area (Å²) in [6.07, 6.45) is 2.56. The third-order valence-corrected chi connectivity index (χ3v) is 5.16. The van der Waals surface area contributed by atoms with Crippen molar-refractivity contribution >= 4 is 23.8 Å². The summed E-state index contributed by atoms with van der Waals surface area (Å²) in [6.45, 7) is 1.89. The van der Waals surface area contributed by atoms with Gasteiger partial charge in [0.15, 0.2) is 23.2 Å². The molecular weight excluding hydrogens is 472 g/mol. The Morgan fingerprint density at radius 2 is 1.89 bits per heavy atom. The van der Waals surface area contributed by atoms with Crippen molar-refractivity contribution in [3.8, 4) is 11.5 Å². The predicted octanol–water partition coefficient (Wildman–Crippen LogP) is 1.64. The van der Waals surface area contributed by atoms with E-state index in [2.05, 4.69) is 10.3 Å². The first-order valence-corrected chi connectivity index (χ1v) is 11.1. The molecular formula is C25H27N2O9. The molecule has 0 spiro atoms. The van der Waals surface area contributed by atoms with Crippen LogP contribution in [0.3, 0.4) is 0 Å². The number of nitrogens with one attached hydrogen (secondary N) is 1. The highest BCUT2D eigenvalue weighted by atomic mass is 16.7. The third kappa shape index (κ3) is 7.17. The van der Waals surface area contributed by atoms with E-state index in [-0.39, 0.29) is 17.2 Å². The highest BCUT2D eigenvalue weighted by Gasteiger charge is 2.33. The topological polar surface area (TPSA) is 139 Å². The molecule has 2 unspecified atom stereocenters. The van der Waals surface area contributed by atoms with Crippen LogP contribution in [0.2, 0.25) is 0 Å². The van der Waals surface area contributed by atoms with Gasteiger partial charge in [-0.2, -0.15) is 0 Å². The number of benzene rings is 1. The summed E-state index contributed by atoms with van der Waals surface area (Å²) in [4.78, 5) is 53.6. The van der Waals surface area contributed by atoms with Gasteiger partial charge in [-0.15, -0.1) is 0 Å². The maximum atomic E-state index is 13.0. The van der Waals surface area contributed by atoms with Gasteiger partial charge in [0.1, 0.15) is 12.7 Å². The summed E-state index contributed by atoms with van der Waals surface area (Å²) in [6, 6.07) is 9.51. The molecule has 2 aromatic rings. The summed E-state index contributed by atoms with van der Waals surface area (Å²) >= 11 is 0. The van der Waals surface area contributed by atoms with Crippen LogP contribution < -0.4 is 14.8 Å². The van der Waals surface area contributed by atoms with Gasteiger partial charge in [-0.25, -0.2) is 9.78 Å². The largest absolute Gasteiger partial charge is 0.493 e. The Labute approximate surface area is 208 Å². The van der Waals surface area contributed by atoms with Crippen molar-refractivity contribution in [3.05, 3.63) is 60.3 Å². The minimum atomic E-state index is -1.30. The van der Waals surface area contributed by atoms with Crippen LogP contribution in [0.15, 0.2) is 42.6 Å². The van der Waals surface area contributed by atoms with Gasteiger partial charge in [-0.05, 0) is 18.9 Å². The van der Waals surface area contributed by atoms with Crippen LogP contribution >= 0.6 is 0 Å². The van der Waals surface area contributed by atoms with Gasteiger partial charge in [0.2, 0.25) is 6.79 Å². The first-order valence-electron chi connectivity index (χ1n) is 11.1. The van der Waals surface area contributed by atoms with Crippen molar-refractivity contribution in [1.82, 2.24) is 10.3 Å². The Morgan fingerprint density at radius 1 is 1.14 bits per heavy atom. The molecule has 0 aliphatic carbocycles. The Balaban J connectivity index is 1.74. The molecule has 11 nitrogen and oxygen atoms in total. The van der Waals surface area contributed by atoms with Crippen LogP contribution in [0.5, 0.6) is 11.5 Å². The van der Waals surface area contributed by atoms with E-state index in [1.54, 1.807) is 13.3 Å². The molecule has 2 heterocycles. The molecule has 1 amide bonds. The number of hydrogen-bond donors (Lipinski definition) is 1. The summed E-state index contributed by atoms with van der Waals surface area (Å²) in [5.74, 6) is -3.34. The van der Waals surface area contributed by atoms with Crippen LogP contribution in [0.1, 0.15) is 29.9 Å². The van der Waals surface area contributed by atoms with Crippen LogP contribution in [0.4, 0.5) is 0 Å². The third-order valence-electron chi connectivity index (χ3n) is 5.16. The lowest BCUT2D eigenvalue weighted by Gasteiger charge is -2.19. The van der Waals surface area contributed by atoms with Crippen molar-refractivity contribution in [2.24, 2.45) is 5.92 Å². The van der Waals surface area contributed by atoms with E-state index < -0.39 is 55.3 Å². The van der Waals surface area contributed by atoms with Gasteiger partial charge < -0.3 is 29.0 Å². The molecule has 1 saturated heterocycles. The number of ether oxygens (including phenoxy) is 5. The van der Waals surface area contributed by atoms with Crippen LogP contribution in [0, 0.1) is 12.3 Å². The van der Waals surface area contributed by atoms with Gasteiger partial charge >= 0.3 is 17.9 Å². The molecule has 0 saturated carbocycles. The lowest BCUT2D eigenvalue weighted by molar-refractivity contribution is -0.152. The summed E-state index contributed by atoms with van der Waals surface area (Å²) in [5, 5.41) is 2.47. The number of carbonyl (C=O) groups excluding carboxylic acids is 4. The normalized spacial score (nSPS) is 20.0. The zero-order valence-electron chi connectivity index (χ0n) is 20.1. The second kappa shape index (κ2) is 12.5. The number of rotatable bonds is 8. The lowest BCUT2D eigenvalue weighted by Crippen LogP contribution is -2.46. The number of carbonyl (C=O) groups is 4. The highest BCUT2D eigenvalue weighted by molar-refractivity contribution is 5.98. The average molecular weight is 499 g/mol. The molecule has 1 radical (unpaired) electrons. The fraction of sp³-hybridized carbons (Fsp3) is 0.360. The Morgan fingerprint density at radius 3 is 2.58 bits per heavy atom. The fourth-order valence-electron chi connectivity index (χ4n) is 3.46. The summed E-state index contributed by atoms with van der Waals surface area (Å²) in [7, 11) is 1.36. The van der Waals surface area contributed by atoms with Crippen molar-refractivity contribution in [2.45, 2.75) is 32.4 Å². The fourth-order valence-corrected chi connectivity index (χ4v) is 3.46. The predicted molar refractivity (Wildman–Crippen MR) is 124 cm³/mol. The van der Waals surface area contributed by atoms with E-state index in [0.29, 0.717) is 6.42 Å².